The van der Waals surface area contributed by atoms with Crippen LogP contribution in [0.25, 0.3) is 11.3 Å². The summed E-state index contributed by atoms with van der Waals surface area (Å²) in [5, 5.41) is 3.29. The lowest BCUT2D eigenvalue weighted by Crippen LogP contribution is -2.11. The molecule has 0 saturated carbocycles. The first-order chi connectivity index (χ1) is 11.6. The van der Waals surface area contributed by atoms with Crippen LogP contribution in [0.2, 0.25) is 5.02 Å². The zero-order chi connectivity index (χ0) is 17.1. The van der Waals surface area contributed by atoms with E-state index >= 15 is 0 Å². The molecule has 0 aliphatic rings. The van der Waals surface area contributed by atoms with Gasteiger partial charge in [-0.25, -0.2) is 4.68 Å². The molecule has 0 radical (unpaired) electrons. The summed E-state index contributed by atoms with van der Waals surface area (Å²) in [7, 11) is 0. The number of anilines is 2. The average molecular weight is 359 g/mol. The molecule has 24 heavy (non-hydrogen) atoms. The minimum atomic E-state index is 0.538. The van der Waals surface area contributed by atoms with E-state index in [9.17, 15) is 4.79 Å². The summed E-state index contributed by atoms with van der Waals surface area (Å²) >= 11 is 11.5. The van der Waals surface area contributed by atoms with Crippen LogP contribution in [0.5, 0.6) is 0 Å². The van der Waals surface area contributed by atoms with Crippen LogP contribution in [0.3, 0.4) is 0 Å². The zero-order valence-corrected chi connectivity index (χ0v) is 14.4. The fourth-order valence-corrected chi connectivity index (χ4v) is 2.99. The predicted octanol–water partition coefficient (Wildman–Crippen LogP) is 4.62. The first kappa shape index (κ1) is 16.3. The zero-order valence-electron chi connectivity index (χ0n) is 12.8. The highest BCUT2D eigenvalue weighted by Gasteiger charge is 2.12. The minimum Gasteiger partial charge on any atom is -0.333 e. The van der Waals surface area contributed by atoms with E-state index in [-0.39, 0.29) is 0 Å². The van der Waals surface area contributed by atoms with E-state index < -0.39 is 0 Å². The Hall–Kier alpha value is -2.57. The number of nitrogens with one attached hydrogen (secondary N) is 3. The molecule has 0 unspecified atom stereocenters. The summed E-state index contributed by atoms with van der Waals surface area (Å²) < 4.78 is 2.33. The van der Waals surface area contributed by atoms with Crippen molar-refractivity contribution in [1.29, 1.82) is 0 Å². The maximum absolute atomic E-state index is 10.7. The van der Waals surface area contributed by atoms with Gasteiger partial charge in [0.1, 0.15) is 0 Å². The quantitative estimate of drug-likeness (QED) is 0.460. The normalized spacial score (nSPS) is 10.4. The molecule has 3 rings (SSSR count). The number of rotatable bonds is 5. The molecule has 0 aliphatic heterocycles. The van der Waals surface area contributed by atoms with Gasteiger partial charge in [-0.3, -0.25) is 10.2 Å². The number of nitrogens with zero attached hydrogens (tertiary/aromatic N) is 1. The Bertz CT molecular complexity index is 948. The first-order valence-corrected chi connectivity index (χ1v) is 8.02. The van der Waals surface area contributed by atoms with Gasteiger partial charge in [0.15, 0.2) is 4.77 Å². The van der Waals surface area contributed by atoms with E-state index in [2.05, 4.69) is 15.7 Å². The second kappa shape index (κ2) is 6.90. The Labute approximate surface area is 149 Å². The maximum atomic E-state index is 10.7. The van der Waals surface area contributed by atoms with Gasteiger partial charge in [0, 0.05) is 22.0 Å². The van der Waals surface area contributed by atoms with Crippen LogP contribution in [0.4, 0.5) is 11.4 Å². The highest BCUT2D eigenvalue weighted by molar-refractivity contribution is 7.71. The van der Waals surface area contributed by atoms with E-state index in [1.807, 2.05) is 55.5 Å². The molecule has 0 fully saturated rings. The van der Waals surface area contributed by atoms with Gasteiger partial charge >= 0.3 is 0 Å². The number of imidazole rings is 1. The van der Waals surface area contributed by atoms with Crippen LogP contribution in [-0.2, 0) is 4.79 Å². The Morgan fingerprint density at radius 2 is 1.92 bits per heavy atom. The summed E-state index contributed by atoms with van der Waals surface area (Å²) in [5.41, 5.74) is 7.51. The van der Waals surface area contributed by atoms with Crippen molar-refractivity contribution in [2.75, 3.05) is 10.7 Å². The van der Waals surface area contributed by atoms with Gasteiger partial charge in [-0.1, -0.05) is 29.8 Å². The van der Waals surface area contributed by atoms with Gasteiger partial charge in [-0.2, -0.15) is 0 Å². The molecular weight excluding hydrogens is 344 g/mol. The number of benzene rings is 2. The number of hydrogen-bond acceptors (Lipinski definition) is 3. The number of amides is 1. The number of aromatic amines is 1. The number of aryl methyl sites for hydroxylation is 1. The molecule has 5 nitrogen and oxygen atoms in total. The third-order valence-corrected chi connectivity index (χ3v) is 4.02. The van der Waals surface area contributed by atoms with Crippen molar-refractivity contribution in [3.05, 3.63) is 64.0 Å². The lowest BCUT2D eigenvalue weighted by atomic mass is 10.1. The van der Waals surface area contributed by atoms with Crippen molar-refractivity contribution in [3.63, 3.8) is 0 Å². The lowest BCUT2D eigenvalue weighted by molar-refractivity contribution is -0.105. The van der Waals surface area contributed by atoms with Gasteiger partial charge < -0.3 is 10.3 Å². The largest absolute Gasteiger partial charge is 0.333 e. The van der Waals surface area contributed by atoms with Crippen molar-refractivity contribution >= 4 is 41.6 Å². The molecule has 0 bridgehead atoms. The van der Waals surface area contributed by atoms with Crippen LogP contribution < -0.4 is 10.7 Å². The van der Waals surface area contributed by atoms with Gasteiger partial charge in [-0.05, 0) is 49.5 Å². The topological polar surface area (TPSA) is 61.9 Å². The Balaban J connectivity index is 2.07. The summed E-state index contributed by atoms with van der Waals surface area (Å²) in [6, 6.07) is 14.9. The van der Waals surface area contributed by atoms with E-state index in [0.29, 0.717) is 21.9 Å². The van der Waals surface area contributed by atoms with Crippen LogP contribution >= 0.6 is 23.8 Å². The highest BCUT2D eigenvalue weighted by Crippen LogP contribution is 2.27. The SMILES string of the molecule is Cc1[nH]c(=S)n(Nc2cccc(Cl)c2)c1-c1cccc(NC=O)c1. The molecule has 0 aliphatic carbocycles. The standard InChI is InChI=1S/C17H15ClN4OS/c1-11-16(12-4-2-6-14(8-12)19-10-23)22(17(24)20-11)21-15-7-3-5-13(18)9-15/h2-10,21H,1H3,(H,19,23)(H,20,24). The molecule has 0 saturated heterocycles. The number of carbonyl (C=O) groups is 1. The summed E-state index contributed by atoms with van der Waals surface area (Å²) in [6.07, 6.45) is 0.653. The first-order valence-electron chi connectivity index (χ1n) is 7.23. The molecule has 1 aromatic heterocycles. The molecule has 3 aromatic rings. The molecule has 1 heterocycles. The van der Waals surface area contributed by atoms with E-state index in [4.69, 9.17) is 23.8 Å². The van der Waals surface area contributed by atoms with Crippen molar-refractivity contribution in [1.82, 2.24) is 9.66 Å². The number of carbonyl (C=O) groups excluding carboxylic acids is 1. The van der Waals surface area contributed by atoms with Gasteiger partial charge in [0.25, 0.3) is 0 Å². The van der Waals surface area contributed by atoms with Crippen LogP contribution in [0, 0.1) is 11.7 Å². The van der Waals surface area contributed by atoms with E-state index in [1.54, 1.807) is 4.68 Å². The predicted molar refractivity (Wildman–Crippen MR) is 99.9 cm³/mol. The van der Waals surface area contributed by atoms with Gasteiger partial charge in [0.2, 0.25) is 6.41 Å². The number of halogens is 1. The van der Waals surface area contributed by atoms with Crippen LogP contribution in [0.1, 0.15) is 5.69 Å². The average Bonchev–Trinajstić information content (AvgIpc) is 2.82. The Morgan fingerprint density at radius 3 is 2.67 bits per heavy atom. The smallest absolute Gasteiger partial charge is 0.211 e. The third kappa shape index (κ3) is 3.34. The van der Waals surface area contributed by atoms with Crippen LogP contribution in [-0.4, -0.2) is 16.1 Å². The molecule has 0 spiro atoms. The minimum absolute atomic E-state index is 0.538. The lowest BCUT2D eigenvalue weighted by Gasteiger charge is -2.13. The fraction of sp³-hybridized carbons (Fsp3) is 0.0588. The molecular formula is C17H15ClN4OS. The molecule has 3 N–H and O–H groups in total. The van der Waals surface area contributed by atoms with Gasteiger partial charge in [0.05, 0.1) is 11.4 Å². The van der Waals surface area contributed by atoms with E-state index in [0.717, 1.165) is 22.6 Å². The Kier molecular flexibility index (Phi) is 4.69. The van der Waals surface area contributed by atoms with E-state index in [1.165, 1.54) is 0 Å². The van der Waals surface area contributed by atoms with Crippen molar-refractivity contribution in [2.24, 2.45) is 0 Å². The number of aromatic nitrogens is 2. The number of H-pyrrole nitrogens is 1. The maximum Gasteiger partial charge on any atom is 0.211 e. The van der Waals surface area contributed by atoms with Gasteiger partial charge in [-0.15, -0.1) is 0 Å². The van der Waals surface area contributed by atoms with Crippen LogP contribution in [0.15, 0.2) is 48.5 Å². The third-order valence-electron chi connectivity index (χ3n) is 3.50. The molecule has 7 heteroatoms. The monoisotopic (exact) mass is 358 g/mol. The second-order valence-electron chi connectivity index (χ2n) is 5.20. The highest BCUT2D eigenvalue weighted by atomic mass is 35.5. The number of hydrogen-bond donors (Lipinski definition) is 3. The second-order valence-corrected chi connectivity index (χ2v) is 6.03. The van der Waals surface area contributed by atoms with Crippen molar-refractivity contribution < 1.29 is 4.79 Å². The molecule has 0 atom stereocenters. The molecule has 1 amide bonds. The van der Waals surface area contributed by atoms with Crippen molar-refractivity contribution in [2.45, 2.75) is 6.92 Å². The molecule has 122 valence electrons. The van der Waals surface area contributed by atoms with Crippen molar-refractivity contribution in [3.8, 4) is 11.3 Å². The summed E-state index contributed by atoms with van der Waals surface area (Å²) in [4.78, 5) is 13.8. The summed E-state index contributed by atoms with van der Waals surface area (Å²) in [6.45, 7) is 1.95. The molecule has 2 aromatic carbocycles. The fourth-order valence-electron chi connectivity index (χ4n) is 2.51. The Morgan fingerprint density at radius 1 is 1.17 bits per heavy atom. The summed E-state index contributed by atoms with van der Waals surface area (Å²) in [5.74, 6) is 0.